The minimum absolute atomic E-state index is 0.343. The number of amides is 3. The molecule has 1 saturated heterocycles. The van der Waals surface area contributed by atoms with Crippen LogP contribution >= 0.6 is 0 Å². The van der Waals surface area contributed by atoms with Crippen LogP contribution < -0.4 is 5.32 Å². The van der Waals surface area contributed by atoms with Crippen molar-refractivity contribution in [3.8, 4) is 11.4 Å². The van der Waals surface area contributed by atoms with Crippen molar-refractivity contribution < 1.29 is 9.59 Å². The van der Waals surface area contributed by atoms with Gasteiger partial charge in [-0.1, -0.05) is 38.1 Å². The van der Waals surface area contributed by atoms with Crippen LogP contribution in [0.5, 0.6) is 0 Å². The van der Waals surface area contributed by atoms with Crippen molar-refractivity contribution >= 4 is 11.9 Å². The van der Waals surface area contributed by atoms with Gasteiger partial charge in [-0.15, -0.1) is 10.2 Å². The number of imide groups is 1. The SMILES string of the molecule is CC(C)c1ccc(-c2nnn([C@H](C)C(=O)N3CCNC3=O)n2)cc1. The fourth-order valence-corrected chi connectivity index (χ4v) is 2.53. The Bertz CT molecular complexity index is 752. The largest absolute Gasteiger partial charge is 0.336 e. The number of nitrogens with one attached hydrogen (secondary N) is 1. The van der Waals surface area contributed by atoms with Crippen LogP contribution in [-0.2, 0) is 4.79 Å². The van der Waals surface area contributed by atoms with Crippen LogP contribution in [0.2, 0.25) is 0 Å². The van der Waals surface area contributed by atoms with Crippen LogP contribution in [0.3, 0.4) is 0 Å². The Morgan fingerprint density at radius 2 is 1.92 bits per heavy atom. The monoisotopic (exact) mass is 328 g/mol. The van der Waals surface area contributed by atoms with E-state index in [1.807, 2.05) is 24.3 Å². The molecule has 0 saturated carbocycles. The van der Waals surface area contributed by atoms with Crippen LogP contribution in [0, 0.1) is 0 Å². The summed E-state index contributed by atoms with van der Waals surface area (Å²) in [7, 11) is 0. The third-order valence-electron chi connectivity index (χ3n) is 4.09. The molecule has 1 aliphatic heterocycles. The van der Waals surface area contributed by atoms with Crippen molar-refractivity contribution in [1.82, 2.24) is 30.4 Å². The highest BCUT2D eigenvalue weighted by Crippen LogP contribution is 2.20. The molecule has 2 heterocycles. The number of rotatable bonds is 4. The summed E-state index contributed by atoms with van der Waals surface area (Å²) in [4.78, 5) is 26.4. The third kappa shape index (κ3) is 2.99. The molecule has 2 aromatic rings. The van der Waals surface area contributed by atoms with Gasteiger partial charge < -0.3 is 5.32 Å². The Morgan fingerprint density at radius 1 is 1.21 bits per heavy atom. The Balaban J connectivity index is 1.77. The van der Waals surface area contributed by atoms with Crippen LogP contribution in [0.25, 0.3) is 11.4 Å². The first kappa shape index (κ1) is 16.1. The van der Waals surface area contributed by atoms with Gasteiger partial charge in [0.2, 0.25) is 5.82 Å². The average Bonchev–Trinajstić information content (AvgIpc) is 3.22. The highest BCUT2D eigenvalue weighted by atomic mass is 16.2. The topological polar surface area (TPSA) is 93.0 Å². The molecule has 3 amide bonds. The summed E-state index contributed by atoms with van der Waals surface area (Å²) in [5.74, 6) is 0.562. The number of nitrogens with zero attached hydrogens (tertiary/aromatic N) is 5. The van der Waals surface area contributed by atoms with Crippen molar-refractivity contribution in [1.29, 1.82) is 0 Å². The zero-order valence-corrected chi connectivity index (χ0v) is 13.9. The van der Waals surface area contributed by atoms with E-state index in [1.165, 1.54) is 15.3 Å². The first-order valence-corrected chi connectivity index (χ1v) is 7.96. The maximum Gasteiger partial charge on any atom is 0.324 e. The van der Waals surface area contributed by atoms with Crippen molar-refractivity contribution in [3.05, 3.63) is 29.8 Å². The molecule has 1 aromatic carbocycles. The molecule has 3 rings (SSSR count). The van der Waals surface area contributed by atoms with E-state index in [1.54, 1.807) is 6.92 Å². The predicted octanol–water partition coefficient (Wildman–Crippen LogP) is 1.58. The normalized spacial score (nSPS) is 15.7. The van der Waals surface area contributed by atoms with E-state index in [0.29, 0.717) is 24.8 Å². The molecule has 0 unspecified atom stereocenters. The zero-order chi connectivity index (χ0) is 17.3. The molecule has 1 aliphatic rings. The summed E-state index contributed by atoms with van der Waals surface area (Å²) < 4.78 is 0. The second-order valence-electron chi connectivity index (χ2n) is 6.11. The van der Waals surface area contributed by atoms with Crippen LogP contribution in [0.1, 0.15) is 38.3 Å². The first-order valence-electron chi connectivity index (χ1n) is 7.96. The van der Waals surface area contributed by atoms with Gasteiger partial charge >= 0.3 is 6.03 Å². The van der Waals surface area contributed by atoms with E-state index < -0.39 is 6.04 Å². The molecule has 1 aromatic heterocycles. The minimum atomic E-state index is -0.690. The summed E-state index contributed by atoms with van der Waals surface area (Å²) in [6.45, 7) is 6.74. The van der Waals surface area contributed by atoms with Gasteiger partial charge in [-0.3, -0.25) is 9.69 Å². The van der Waals surface area contributed by atoms with Gasteiger partial charge in [0.1, 0.15) is 6.04 Å². The molecule has 8 heteroatoms. The molecule has 1 fully saturated rings. The van der Waals surface area contributed by atoms with Crippen molar-refractivity contribution in [2.24, 2.45) is 0 Å². The summed E-state index contributed by atoms with van der Waals surface area (Å²) >= 11 is 0. The fourth-order valence-electron chi connectivity index (χ4n) is 2.53. The maximum atomic E-state index is 12.4. The summed E-state index contributed by atoms with van der Waals surface area (Å²) in [5.41, 5.74) is 2.07. The molecule has 24 heavy (non-hydrogen) atoms. The first-order chi connectivity index (χ1) is 11.5. The second-order valence-corrected chi connectivity index (χ2v) is 6.11. The summed E-state index contributed by atoms with van der Waals surface area (Å²) in [6.07, 6.45) is 0. The Hall–Kier alpha value is -2.77. The molecular weight excluding hydrogens is 308 g/mol. The molecule has 126 valence electrons. The number of tetrazole rings is 1. The number of benzene rings is 1. The lowest BCUT2D eigenvalue weighted by molar-refractivity contribution is -0.131. The van der Waals surface area contributed by atoms with Gasteiger partial charge in [-0.2, -0.15) is 4.80 Å². The Kier molecular flexibility index (Phi) is 4.28. The van der Waals surface area contributed by atoms with E-state index in [9.17, 15) is 9.59 Å². The van der Waals surface area contributed by atoms with Gasteiger partial charge in [0.05, 0.1) is 0 Å². The number of carbonyl (C=O) groups excluding carboxylic acids is 2. The molecule has 0 spiro atoms. The molecule has 8 nitrogen and oxygen atoms in total. The van der Waals surface area contributed by atoms with Gasteiger partial charge in [0.25, 0.3) is 5.91 Å². The lowest BCUT2D eigenvalue weighted by Gasteiger charge is -2.16. The van der Waals surface area contributed by atoms with Gasteiger partial charge in [0.15, 0.2) is 0 Å². The average molecular weight is 328 g/mol. The number of carbonyl (C=O) groups is 2. The van der Waals surface area contributed by atoms with Crippen molar-refractivity contribution in [2.45, 2.75) is 32.7 Å². The van der Waals surface area contributed by atoms with E-state index >= 15 is 0 Å². The predicted molar refractivity (Wildman–Crippen MR) is 87.2 cm³/mol. The van der Waals surface area contributed by atoms with Gasteiger partial charge in [0, 0.05) is 18.7 Å². The molecule has 1 N–H and O–H groups in total. The number of urea groups is 1. The molecule has 0 radical (unpaired) electrons. The maximum absolute atomic E-state index is 12.4. The molecule has 1 atom stereocenters. The fraction of sp³-hybridized carbons (Fsp3) is 0.438. The standard InChI is InChI=1S/C16H20N6O2/c1-10(2)12-4-6-13(7-5-12)14-18-20-22(19-14)11(3)15(23)21-9-8-17-16(21)24/h4-7,10-11H,8-9H2,1-3H3,(H,17,24)/t11-/m1/s1. The molecule has 0 aliphatic carbocycles. The number of aromatic nitrogens is 4. The quantitative estimate of drug-likeness (QED) is 0.919. The third-order valence-corrected chi connectivity index (χ3v) is 4.09. The molecule has 0 bridgehead atoms. The van der Waals surface area contributed by atoms with Crippen LogP contribution in [0.4, 0.5) is 4.79 Å². The van der Waals surface area contributed by atoms with Crippen LogP contribution in [0.15, 0.2) is 24.3 Å². The second kappa shape index (κ2) is 6.38. The highest BCUT2D eigenvalue weighted by molar-refractivity contribution is 5.97. The van der Waals surface area contributed by atoms with Gasteiger partial charge in [-0.25, -0.2) is 4.79 Å². The van der Waals surface area contributed by atoms with Gasteiger partial charge in [-0.05, 0) is 23.6 Å². The smallest absolute Gasteiger partial charge is 0.324 e. The molecular formula is C16H20N6O2. The van der Waals surface area contributed by atoms with Crippen molar-refractivity contribution in [3.63, 3.8) is 0 Å². The van der Waals surface area contributed by atoms with E-state index in [4.69, 9.17) is 0 Å². The number of hydrogen-bond acceptors (Lipinski definition) is 5. The van der Waals surface area contributed by atoms with Crippen molar-refractivity contribution in [2.75, 3.05) is 13.1 Å². The lowest BCUT2D eigenvalue weighted by atomic mass is 10.0. The van der Waals surface area contributed by atoms with E-state index in [0.717, 1.165) is 5.56 Å². The zero-order valence-electron chi connectivity index (χ0n) is 13.9. The Morgan fingerprint density at radius 3 is 2.50 bits per heavy atom. The number of hydrogen-bond donors (Lipinski definition) is 1. The lowest BCUT2D eigenvalue weighted by Crippen LogP contribution is -2.39. The van der Waals surface area contributed by atoms with E-state index in [-0.39, 0.29) is 11.9 Å². The highest BCUT2D eigenvalue weighted by Gasteiger charge is 2.31. The van der Waals surface area contributed by atoms with E-state index in [2.05, 4.69) is 34.6 Å². The minimum Gasteiger partial charge on any atom is -0.336 e. The van der Waals surface area contributed by atoms with Crippen LogP contribution in [-0.4, -0.2) is 50.1 Å². The summed E-state index contributed by atoms with van der Waals surface area (Å²) in [6, 6.07) is 6.88. The summed E-state index contributed by atoms with van der Waals surface area (Å²) in [5, 5.41) is 14.9. The Labute approximate surface area is 139 Å².